The molecule has 0 radical (unpaired) electrons. The van der Waals surface area contributed by atoms with Crippen molar-refractivity contribution in [1.29, 1.82) is 0 Å². The van der Waals surface area contributed by atoms with E-state index in [0.717, 1.165) is 22.4 Å². The summed E-state index contributed by atoms with van der Waals surface area (Å²) in [7, 11) is -1.97. The van der Waals surface area contributed by atoms with Gasteiger partial charge in [-0.05, 0) is 72.5 Å². The maximum absolute atomic E-state index is 13.3. The molecule has 1 aliphatic rings. The first kappa shape index (κ1) is 23.3. The second kappa shape index (κ2) is 9.57. The van der Waals surface area contributed by atoms with Gasteiger partial charge in [-0.25, -0.2) is 8.42 Å². The third kappa shape index (κ3) is 4.91. The van der Waals surface area contributed by atoms with Gasteiger partial charge < -0.3 is 14.6 Å². The summed E-state index contributed by atoms with van der Waals surface area (Å²) in [6.45, 7) is 0.0716. The van der Waals surface area contributed by atoms with Gasteiger partial charge in [0, 0.05) is 9.75 Å². The van der Waals surface area contributed by atoms with Crippen molar-refractivity contribution in [1.82, 2.24) is 0 Å². The second-order valence-electron chi connectivity index (χ2n) is 8.17. The van der Waals surface area contributed by atoms with Crippen molar-refractivity contribution in [3.05, 3.63) is 71.1 Å². The minimum atomic E-state index is -3.55. The molecule has 3 aromatic rings. The van der Waals surface area contributed by atoms with Crippen LogP contribution in [0, 0.1) is 0 Å². The van der Waals surface area contributed by atoms with Crippen molar-refractivity contribution >= 4 is 27.1 Å². The standard InChI is InChI=1S/C25H26O6S2/c1-30-21-10-4-18(5-11-21)17-31-24(27)16-25(14-2-3-15-33(25,28)29)23-13-12-22(32-23)19-6-8-20(26)9-7-19/h4-13,26H,2-3,14-17H2,1H3/t25-/m0/s1. The average molecular weight is 487 g/mol. The van der Waals surface area contributed by atoms with Gasteiger partial charge in [0.15, 0.2) is 9.84 Å². The van der Waals surface area contributed by atoms with Gasteiger partial charge in [-0.15, -0.1) is 11.3 Å². The van der Waals surface area contributed by atoms with Gasteiger partial charge in [0.05, 0.1) is 19.3 Å². The van der Waals surface area contributed by atoms with E-state index in [-0.39, 0.29) is 24.5 Å². The Morgan fingerprint density at radius 3 is 2.42 bits per heavy atom. The number of phenolic OH excluding ortho intramolecular Hbond substituents is 1. The lowest BCUT2D eigenvalue weighted by Crippen LogP contribution is -2.42. The lowest BCUT2D eigenvalue weighted by Gasteiger charge is -2.35. The number of carbonyl (C=O) groups is 1. The van der Waals surface area contributed by atoms with E-state index < -0.39 is 20.6 Å². The van der Waals surface area contributed by atoms with Crippen LogP contribution in [0.4, 0.5) is 0 Å². The van der Waals surface area contributed by atoms with Crippen molar-refractivity contribution in [3.8, 4) is 21.9 Å². The van der Waals surface area contributed by atoms with Crippen LogP contribution in [-0.4, -0.2) is 32.4 Å². The van der Waals surface area contributed by atoms with E-state index in [0.29, 0.717) is 23.5 Å². The molecule has 0 amide bonds. The minimum Gasteiger partial charge on any atom is -0.508 e. The van der Waals surface area contributed by atoms with Gasteiger partial charge in [-0.1, -0.05) is 18.6 Å². The fourth-order valence-electron chi connectivity index (χ4n) is 4.15. The van der Waals surface area contributed by atoms with Crippen molar-refractivity contribution in [2.45, 2.75) is 37.0 Å². The summed E-state index contributed by atoms with van der Waals surface area (Å²) < 4.78 is 36.0. The van der Waals surface area contributed by atoms with Gasteiger partial charge in [0.1, 0.15) is 22.9 Å². The first-order valence-electron chi connectivity index (χ1n) is 10.7. The van der Waals surface area contributed by atoms with E-state index in [2.05, 4.69) is 0 Å². The van der Waals surface area contributed by atoms with Gasteiger partial charge in [-0.2, -0.15) is 0 Å². The number of aromatic hydroxyl groups is 1. The van der Waals surface area contributed by atoms with Crippen LogP contribution in [0.5, 0.6) is 11.5 Å². The molecule has 0 spiro atoms. The van der Waals surface area contributed by atoms with Crippen LogP contribution >= 0.6 is 11.3 Å². The van der Waals surface area contributed by atoms with Crippen LogP contribution < -0.4 is 4.74 Å². The zero-order chi connectivity index (χ0) is 23.5. The highest BCUT2D eigenvalue weighted by molar-refractivity contribution is 7.92. The molecule has 1 atom stereocenters. The van der Waals surface area contributed by atoms with Crippen LogP contribution in [0.1, 0.15) is 36.1 Å². The molecular formula is C25H26O6S2. The number of carbonyl (C=O) groups excluding carboxylic acids is 1. The highest BCUT2D eigenvalue weighted by Crippen LogP contribution is 2.47. The lowest BCUT2D eigenvalue weighted by atomic mass is 9.95. The van der Waals surface area contributed by atoms with E-state index in [4.69, 9.17) is 9.47 Å². The molecule has 33 heavy (non-hydrogen) atoms. The van der Waals surface area contributed by atoms with Crippen molar-refractivity contribution in [3.63, 3.8) is 0 Å². The van der Waals surface area contributed by atoms with Gasteiger partial charge in [-0.3, -0.25) is 4.79 Å². The van der Waals surface area contributed by atoms with Crippen LogP contribution in [0.2, 0.25) is 0 Å². The lowest BCUT2D eigenvalue weighted by molar-refractivity contribution is -0.145. The quantitative estimate of drug-likeness (QED) is 0.470. The molecule has 0 saturated carbocycles. The number of benzene rings is 2. The first-order valence-corrected chi connectivity index (χ1v) is 13.2. The maximum atomic E-state index is 13.3. The summed E-state index contributed by atoms with van der Waals surface area (Å²) in [5.74, 6) is 0.405. The Hall–Kier alpha value is -2.84. The number of hydrogen-bond donors (Lipinski definition) is 1. The zero-order valence-electron chi connectivity index (χ0n) is 18.3. The Morgan fingerprint density at radius 1 is 1.03 bits per heavy atom. The predicted octanol–water partition coefficient (Wildman–Crippen LogP) is 5.06. The molecule has 0 unspecified atom stereocenters. The molecule has 8 heteroatoms. The third-order valence-electron chi connectivity index (χ3n) is 6.03. The van der Waals surface area contributed by atoms with Crippen molar-refractivity contribution in [2.75, 3.05) is 12.9 Å². The average Bonchev–Trinajstić information content (AvgIpc) is 3.30. The molecule has 6 nitrogen and oxygen atoms in total. The van der Waals surface area contributed by atoms with Crippen LogP contribution in [-0.2, 0) is 30.7 Å². The highest BCUT2D eigenvalue weighted by atomic mass is 32.2. The van der Waals surface area contributed by atoms with Crippen LogP contribution in [0.15, 0.2) is 60.7 Å². The normalized spacial score (nSPS) is 19.7. The molecular weight excluding hydrogens is 460 g/mol. The Kier molecular flexibility index (Phi) is 6.76. The van der Waals surface area contributed by atoms with E-state index in [9.17, 15) is 18.3 Å². The predicted molar refractivity (Wildman–Crippen MR) is 128 cm³/mol. The molecule has 1 saturated heterocycles. The molecule has 1 aromatic heterocycles. The van der Waals surface area contributed by atoms with Gasteiger partial charge >= 0.3 is 5.97 Å². The largest absolute Gasteiger partial charge is 0.508 e. The summed E-state index contributed by atoms with van der Waals surface area (Å²) in [5, 5.41) is 9.55. The molecule has 0 aliphatic carbocycles. The number of sulfone groups is 1. The molecule has 1 aliphatic heterocycles. The van der Waals surface area contributed by atoms with E-state index in [1.807, 2.05) is 24.3 Å². The number of phenols is 1. The molecule has 2 aromatic carbocycles. The number of esters is 1. The van der Waals surface area contributed by atoms with Crippen LogP contribution in [0.25, 0.3) is 10.4 Å². The Balaban J connectivity index is 1.57. The number of hydrogen-bond acceptors (Lipinski definition) is 7. The zero-order valence-corrected chi connectivity index (χ0v) is 20.0. The van der Waals surface area contributed by atoms with Crippen molar-refractivity contribution in [2.24, 2.45) is 0 Å². The summed E-state index contributed by atoms with van der Waals surface area (Å²) in [4.78, 5) is 14.4. The molecule has 1 fully saturated rings. The Morgan fingerprint density at radius 2 is 1.76 bits per heavy atom. The topological polar surface area (TPSA) is 89.9 Å². The summed E-state index contributed by atoms with van der Waals surface area (Å²) in [5.41, 5.74) is 1.69. The SMILES string of the molecule is COc1ccc(COC(=O)C[C@]2(c3ccc(-c4ccc(O)cc4)s3)CCCCS2(=O)=O)cc1. The molecule has 174 valence electrons. The van der Waals surface area contributed by atoms with Gasteiger partial charge in [0.2, 0.25) is 0 Å². The van der Waals surface area contributed by atoms with E-state index in [1.165, 1.54) is 11.3 Å². The Labute approximate surface area is 197 Å². The number of rotatable bonds is 7. The molecule has 2 heterocycles. The number of ether oxygens (including phenoxy) is 2. The molecule has 0 bridgehead atoms. The van der Waals surface area contributed by atoms with Crippen LogP contribution in [0.3, 0.4) is 0 Å². The molecule has 4 rings (SSSR count). The second-order valence-corrected chi connectivity index (χ2v) is 11.7. The van der Waals surface area contributed by atoms with Crippen molar-refractivity contribution < 1.29 is 27.8 Å². The minimum absolute atomic E-state index is 0.0607. The van der Waals surface area contributed by atoms with Gasteiger partial charge in [0.25, 0.3) is 0 Å². The summed E-state index contributed by atoms with van der Waals surface area (Å²) >= 11 is 1.38. The monoisotopic (exact) mass is 486 g/mol. The number of methoxy groups -OCH3 is 1. The van der Waals surface area contributed by atoms with E-state index in [1.54, 1.807) is 43.5 Å². The molecule has 1 N–H and O–H groups in total. The third-order valence-corrected chi connectivity index (χ3v) is 10.1. The Bertz CT molecular complexity index is 1210. The highest BCUT2D eigenvalue weighted by Gasteiger charge is 2.49. The summed E-state index contributed by atoms with van der Waals surface area (Å²) in [6.07, 6.45) is 1.52. The van der Waals surface area contributed by atoms with E-state index >= 15 is 0 Å². The smallest absolute Gasteiger partial charge is 0.308 e. The fraction of sp³-hybridized carbons (Fsp3) is 0.320. The number of thiophene rings is 1. The fourth-order valence-corrected chi connectivity index (χ4v) is 7.92. The summed E-state index contributed by atoms with van der Waals surface area (Å²) in [6, 6.07) is 17.6. The first-order chi connectivity index (χ1) is 15.8. The maximum Gasteiger partial charge on any atom is 0.308 e.